The molecule has 26 heavy (non-hydrogen) atoms. The van der Waals surface area contributed by atoms with Crippen molar-refractivity contribution >= 4 is 17.5 Å². The number of nitrogens with zero attached hydrogens (tertiary/aromatic N) is 4. The summed E-state index contributed by atoms with van der Waals surface area (Å²) >= 11 is 0. The molecule has 0 saturated carbocycles. The van der Waals surface area contributed by atoms with Crippen LogP contribution in [0.1, 0.15) is 31.5 Å². The van der Waals surface area contributed by atoms with Crippen LogP contribution in [0.3, 0.4) is 0 Å². The van der Waals surface area contributed by atoms with Crippen LogP contribution in [-0.4, -0.2) is 64.2 Å². The number of hydrogen-bond acceptors (Lipinski definition) is 5. The van der Waals surface area contributed by atoms with Gasteiger partial charge in [0.25, 0.3) is 0 Å². The zero-order valence-electron chi connectivity index (χ0n) is 14.9. The fraction of sp³-hybridized carbons (Fsp3) is 0.556. The summed E-state index contributed by atoms with van der Waals surface area (Å²) in [5, 5.41) is 11.0. The quantitative estimate of drug-likeness (QED) is 0.790. The zero-order valence-corrected chi connectivity index (χ0v) is 14.9. The van der Waals surface area contributed by atoms with Gasteiger partial charge in [-0.3, -0.25) is 14.0 Å². The molecule has 0 spiro atoms. The number of rotatable bonds is 7. The monoisotopic (exact) mass is 359 g/mol. The van der Waals surface area contributed by atoms with Crippen LogP contribution in [0.25, 0.3) is 5.65 Å². The molecule has 2 amide bonds. The van der Waals surface area contributed by atoms with Crippen molar-refractivity contribution in [2.45, 2.75) is 32.1 Å². The second-order valence-corrected chi connectivity index (χ2v) is 6.43. The molecule has 1 aliphatic heterocycles. The molecule has 1 saturated heterocycles. The molecule has 8 nitrogen and oxygen atoms in total. The number of carbonyl (C=O) groups excluding carboxylic acids is 2. The molecule has 0 bridgehead atoms. The summed E-state index contributed by atoms with van der Waals surface area (Å²) in [6.45, 7) is 1.88. The lowest BCUT2D eigenvalue weighted by atomic mass is 10.2. The minimum atomic E-state index is -0.234. The summed E-state index contributed by atoms with van der Waals surface area (Å²) in [6, 6.07) is 5.69. The van der Waals surface area contributed by atoms with Crippen molar-refractivity contribution in [2.24, 2.45) is 0 Å². The highest BCUT2D eigenvalue weighted by Gasteiger charge is 2.15. The largest absolute Gasteiger partial charge is 0.362 e. The standard InChI is InChI=1S/C18H25N5O3/c24-17(13-26-14-18(25)22-10-4-1-2-5-11-22)19-9-8-16-21-20-15-7-3-6-12-23(15)16/h3,6-7,12H,1-2,4-5,8-11,13-14H2,(H,19,24). The Morgan fingerprint density at radius 2 is 1.88 bits per heavy atom. The Balaban J connectivity index is 1.33. The minimum Gasteiger partial charge on any atom is -0.362 e. The van der Waals surface area contributed by atoms with E-state index >= 15 is 0 Å². The molecule has 1 N–H and O–H groups in total. The first kappa shape index (κ1) is 18.3. The average molecular weight is 359 g/mol. The second kappa shape index (κ2) is 9.28. The third-order valence-electron chi connectivity index (χ3n) is 4.47. The number of pyridine rings is 1. The number of aromatic nitrogens is 3. The first-order valence-electron chi connectivity index (χ1n) is 9.15. The molecule has 140 valence electrons. The normalized spacial score (nSPS) is 15.0. The van der Waals surface area contributed by atoms with Gasteiger partial charge in [0.05, 0.1) is 0 Å². The number of fused-ring (bicyclic) bond motifs is 1. The Bertz CT molecular complexity index is 737. The Kier molecular flexibility index (Phi) is 6.54. The molecule has 0 unspecified atom stereocenters. The van der Waals surface area contributed by atoms with Gasteiger partial charge in [-0.15, -0.1) is 10.2 Å². The van der Waals surface area contributed by atoms with Gasteiger partial charge in [0.1, 0.15) is 19.0 Å². The van der Waals surface area contributed by atoms with Gasteiger partial charge in [-0.1, -0.05) is 18.9 Å². The molecule has 3 rings (SSSR count). The third-order valence-corrected chi connectivity index (χ3v) is 4.47. The minimum absolute atomic E-state index is 0.0328. The van der Waals surface area contributed by atoms with Crippen LogP contribution < -0.4 is 5.32 Å². The first-order chi connectivity index (χ1) is 12.7. The van der Waals surface area contributed by atoms with Crippen LogP contribution in [0.2, 0.25) is 0 Å². The molecule has 0 radical (unpaired) electrons. The first-order valence-corrected chi connectivity index (χ1v) is 9.15. The number of ether oxygens (including phenoxy) is 1. The number of likely N-dealkylation sites (tertiary alicyclic amines) is 1. The van der Waals surface area contributed by atoms with Gasteiger partial charge in [0.15, 0.2) is 5.65 Å². The molecule has 0 atom stereocenters. The molecule has 2 aromatic rings. The second-order valence-electron chi connectivity index (χ2n) is 6.43. The average Bonchev–Trinajstić information content (AvgIpc) is 2.87. The smallest absolute Gasteiger partial charge is 0.248 e. The van der Waals surface area contributed by atoms with Crippen LogP contribution in [-0.2, 0) is 20.7 Å². The van der Waals surface area contributed by atoms with E-state index in [0.717, 1.165) is 37.4 Å². The predicted octanol–water partition coefficient (Wildman–Crippen LogP) is 0.807. The highest BCUT2D eigenvalue weighted by atomic mass is 16.5. The molecular weight excluding hydrogens is 334 g/mol. The topological polar surface area (TPSA) is 88.8 Å². The van der Waals surface area contributed by atoms with Gasteiger partial charge < -0.3 is 15.0 Å². The van der Waals surface area contributed by atoms with E-state index in [4.69, 9.17) is 4.74 Å². The summed E-state index contributed by atoms with van der Waals surface area (Å²) in [5.41, 5.74) is 0.782. The Morgan fingerprint density at radius 1 is 1.08 bits per heavy atom. The number of carbonyl (C=O) groups is 2. The Hall–Kier alpha value is -2.48. The van der Waals surface area contributed by atoms with Gasteiger partial charge in [-0.25, -0.2) is 0 Å². The SMILES string of the molecule is O=C(COCC(=O)N1CCCCCC1)NCCc1nnc2ccccn12. The summed E-state index contributed by atoms with van der Waals surface area (Å²) in [7, 11) is 0. The molecule has 1 aliphatic rings. The van der Waals surface area contributed by atoms with Gasteiger partial charge in [0.2, 0.25) is 11.8 Å². The summed E-state index contributed by atoms with van der Waals surface area (Å²) < 4.78 is 7.16. The molecular formula is C18H25N5O3. The van der Waals surface area contributed by atoms with E-state index in [1.165, 1.54) is 12.8 Å². The number of hydrogen-bond donors (Lipinski definition) is 1. The maximum absolute atomic E-state index is 12.1. The Morgan fingerprint density at radius 3 is 2.69 bits per heavy atom. The summed E-state index contributed by atoms with van der Waals surface area (Å²) in [4.78, 5) is 25.8. The highest BCUT2D eigenvalue weighted by molar-refractivity contribution is 5.79. The van der Waals surface area contributed by atoms with E-state index in [1.807, 2.05) is 33.7 Å². The molecule has 0 aromatic carbocycles. The van der Waals surface area contributed by atoms with Crippen LogP contribution in [0.15, 0.2) is 24.4 Å². The fourth-order valence-electron chi connectivity index (χ4n) is 3.07. The molecule has 2 aromatic heterocycles. The van der Waals surface area contributed by atoms with Gasteiger partial charge in [-0.05, 0) is 25.0 Å². The highest BCUT2D eigenvalue weighted by Crippen LogP contribution is 2.09. The van der Waals surface area contributed by atoms with Crippen molar-refractivity contribution in [3.8, 4) is 0 Å². The van der Waals surface area contributed by atoms with Crippen molar-refractivity contribution in [1.82, 2.24) is 24.8 Å². The van der Waals surface area contributed by atoms with E-state index in [1.54, 1.807) is 0 Å². The van der Waals surface area contributed by atoms with Crippen LogP contribution in [0.4, 0.5) is 0 Å². The molecule has 1 fully saturated rings. The van der Waals surface area contributed by atoms with Crippen molar-refractivity contribution < 1.29 is 14.3 Å². The zero-order chi connectivity index (χ0) is 18.2. The molecule has 8 heteroatoms. The maximum atomic E-state index is 12.1. The van der Waals surface area contributed by atoms with Crippen LogP contribution in [0.5, 0.6) is 0 Å². The van der Waals surface area contributed by atoms with Crippen molar-refractivity contribution in [3.05, 3.63) is 30.2 Å². The summed E-state index contributed by atoms with van der Waals surface area (Å²) in [5.74, 6) is 0.523. The van der Waals surface area contributed by atoms with Crippen molar-refractivity contribution in [3.63, 3.8) is 0 Å². The van der Waals surface area contributed by atoms with Crippen LogP contribution >= 0.6 is 0 Å². The maximum Gasteiger partial charge on any atom is 0.248 e. The fourth-order valence-corrected chi connectivity index (χ4v) is 3.07. The predicted molar refractivity (Wildman–Crippen MR) is 95.6 cm³/mol. The molecule has 3 heterocycles. The van der Waals surface area contributed by atoms with Crippen molar-refractivity contribution in [1.29, 1.82) is 0 Å². The number of nitrogens with one attached hydrogen (secondary N) is 1. The third kappa shape index (κ3) is 5.01. The lowest BCUT2D eigenvalue weighted by molar-refractivity contribution is -0.138. The lowest BCUT2D eigenvalue weighted by Crippen LogP contribution is -2.36. The van der Waals surface area contributed by atoms with Gasteiger partial charge >= 0.3 is 0 Å². The number of amides is 2. The van der Waals surface area contributed by atoms with Crippen LogP contribution in [0, 0.1) is 0 Å². The van der Waals surface area contributed by atoms with E-state index < -0.39 is 0 Å². The van der Waals surface area contributed by atoms with E-state index in [2.05, 4.69) is 15.5 Å². The molecule has 0 aliphatic carbocycles. The lowest BCUT2D eigenvalue weighted by Gasteiger charge is -2.20. The van der Waals surface area contributed by atoms with E-state index in [0.29, 0.717) is 13.0 Å². The van der Waals surface area contributed by atoms with Crippen molar-refractivity contribution in [2.75, 3.05) is 32.8 Å². The van der Waals surface area contributed by atoms with E-state index in [9.17, 15) is 9.59 Å². The van der Waals surface area contributed by atoms with Gasteiger partial charge in [0, 0.05) is 32.3 Å². The summed E-state index contributed by atoms with van der Waals surface area (Å²) in [6.07, 6.45) is 6.91. The Labute approximate surface area is 152 Å². The van der Waals surface area contributed by atoms with E-state index in [-0.39, 0.29) is 25.0 Å². The van der Waals surface area contributed by atoms with Gasteiger partial charge in [-0.2, -0.15) is 0 Å².